The summed E-state index contributed by atoms with van der Waals surface area (Å²) in [4.78, 5) is 16.0. The molecule has 0 heterocycles. The van der Waals surface area contributed by atoms with Crippen LogP contribution in [-0.4, -0.2) is 24.8 Å². The topological polar surface area (TPSA) is 38.7 Å². The van der Waals surface area contributed by atoms with E-state index in [9.17, 15) is 4.79 Å². The molecule has 0 fully saturated rings. The van der Waals surface area contributed by atoms with Crippen molar-refractivity contribution in [2.24, 2.45) is 10.9 Å². The molecule has 1 aromatic rings. The van der Waals surface area contributed by atoms with Gasteiger partial charge in [-0.2, -0.15) is 0 Å². The van der Waals surface area contributed by atoms with Gasteiger partial charge in [-0.3, -0.25) is 9.79 Å². The molecule has 3 heteroatoms. The molecule has 0 N–H and O–H groups in total. The number of carbonyl (C=O) groups is 1. The van der Waals surface area contributed by atoms with Crippen molar-refractivity contribution in [3.63, 3.8) is 0 Å². The highest BCUT2D eigenvalue weighted by molar-refractivity contribution is 6.04. The van der Waals surface area contributed by atoms with Gasteiger partial charge in [0.25, 0.3) is 0 Å². The van der Waals surface area contributed by atoms with Crippen LogP contribution in [0.1, 0.15) is 18.9 Å². The van der Waals surface area contributed by atoms with E-state index in [0.29, 0.717) is 6.61 Å². The van der Waals surface area contributed by atoms with E-state index < -0.39 is 0 Å². The SMILES string of the molecule is CCOC(=O)CN=C(c1ccccc1)C1C=CC=CC1. The van der Waals surface area contributed by atoms with Gasteiger partial charge in [0.2, 0.25) is 0 Å². The molecular formula is C17H19NO2. The molecule has 104 valence electrons. The Labute approximate surface area is 119 Å². The number of esters is 1. The first-order valence-corrected chi connectivity index (χ1v) is 6.90. The number of rotatable bonds is 5. The molecule has 2 rings (SSSR count). The fourth-order valence-corrected chi connectivity index (χ4v) is 2.17. The zero-order valence-corrected chi connectivity index (χ0v) is 11.7. The molecule has 0 saturated heterocycles. The number of ether oxygens (including phenoxy) is 1. The Hall–Kier alpha value is -2.16. The summed E-state index contributed by atoms with van der Waals surface area (Å²) in [5, 5.41) is 0. The predicted octanol–water partition coefficient (Wildman–Crippen LogP) is 3.17. The fourth-order valence-electron chi connectivity index (χ4n) is 2.17. The molecule has 1 unspecified atom stereocenters. The van der Waals surface area contributed by atoms with Crippen LogP contribution in [0.25, 0.3) is 0 Å². The van der Waals surface area contributed by atoms with Crippen molar-refractivity contribution in [3.05, 3.63) is 60.2 Å². The zero-order valence-electron chi connectivity index (χ0n) is 11.7. The highest BCUT2D eigenvalue weighted by atomic mass is 16.5. The van der Waals surface area contributed by atoms with Gasteiger partial charge in [-0.15, -0.1) is 0 Å². The highest BCUT2D eigenvalue weighted by Gasteiger charge is 2.15. The average Bonchev–Trinajstić information content (AvgIpc) is 2.50. The number of nitrogens with zero attached hydrogens (tertiary/aromatic N) is 1. The molecular weight excluding hydrogens is 250 g/mol. The van der Waals surface area contributed by atoms with Crippen molar-refractivity contribution in [1.29, 1.82) is 0 Å². The van der Waals surface area contributed by atoms with Gasteiger partial charge in [-0.05, 0) is 18.9 Å². The second kappa shape index (κ2) is 7.43. The monoisotopic (exact) mass is 269 g/mol. The van der Waals surface area contributed by atoms with E-state index in [0.717, 1.165) is 17.7 Å². The normalized spacial score (nSPS) is 18.1. The molecule has 1 atom stereocenters. The first kappa shape index (κ1) is 14.3. The minimum absolute atomic E-state index is 0.0755. The fraction of sp³-hybridized carbons (Fsp3) is 0.294. The van der Waals surface area contributed by atoms with Crippen LogP contribution in [-0.2, 0) is 9.53 Å². The molecule has 3 nitrogen and oxygen atoms in total. The van der Waals surface area contributed by atoms with E-state index in [-0.39, 0.29) is 18.4 Å². The van der Waals surface area contributed by atoms with Crippen molar-refractivity contribution >= 4 is 11.7 Å². The molecule has 1 aliphatic rings. The Bertz CT molecular complexity index is 529. The van der Waals surface area contributed by atoms with Crippen LogP contribution in [0.2, 0.25) is 0 Å². The summed E-state index contributed by atoms with van der Waals surface area (Å²) in [6.07, 6.45) is 9.21. The summed E-state index contributed by atoms with van der Waals surface area (Å²) in [5.41, 5.74) is 2.00. The first-order valence-electron chi connectivity index (χ1n) is 6.90. The van der Waals surface area contributed by atoms with Gasteiger partial charge < -0.3 is 4.74 Å². The first-order chi connectivity index (χ1) is 9.81. The number of hydrogen-bond donors (Lipinski definition) is 0. The summed E-state index contributed by atoms with van der Waals surface area (Å²) in [5.74, 6) is -0.0620. The second-order valence-electron chi connectivity index (χ2n) is 4.53. The standard InChI is InChI=1S/C17H19NO2/c1-2-20-16(19)13-18-17(14-9-5-3-6-10-14)15-11-7-4-8-12-15/h3-11,15H,2,12-13H2,1H3. The van der Waals surface area contributed by atoms with Crippen LogP contribution in [0.5, 0.6) is 0 Å². The lowest BCUT2D eigenvalue weighted by molar-refractivity contribution is -0.141. The molecule has 1 aromatic carbocycles. The Morgan fingerprint density at radius 1 is 1.30 bits per heavy atom. The van der Waals surface area contributed by atoms with Crippen molar-refractivity contribution in [1.82, 2.24) is 0 Å². The summed E-state index contributed by atoms with van der Waals surface area (Å²) in [6.45, 7) is 2.27. The number of aliphatic imine (C=N–C) groups is 1. The quantitative estimate of drug-likeness (QED) is 0.608. The van der Waals surface area contributed by atoms with Crippen LogP contribution < -0.4 is 0 Å². The van der Waals surface area contributed by atoms with Gasteiger partial charge in [-0.25, -0.2) is 0 Å². The molecule has 0 radical (unpaired) electrons. The summed E-state index contributed by atoms with van der Waals surface area (Å²) in [7, 11) is 0. The van der Waals surface area contributed by atoms with Gasteiger partial charge in [0, 0.05) is 11.6 Å². The van der Waals surface area contributed by atoms with Crippen LogP contribution in [0.4, 0.5) is 0 Å². The van der Waals surface area contributed by atoms with Crippen LogP contribution in [0, 0.1) is 5.92 Å². The number of benzene rings is 1. The van der Waals surface area contributed by atoms with Crippen molar-refractivity contribution in [2.45, 2.75) is 13.3 Å². The van der Waals surface area contributed by atoms with Gasteiger partial charge in [0.05, 0.1) is 6.61 Å². The third-order valence-electron chi connectivity index (χ3n) is 3.09. The van der Waals surface area contributed by atoms with Crippen molar-refractivity contribution in [2.75, 3.05) is 13.2 Å². The number of carbonyl (C=O) groups excluding carboxylic acids is 1. The molecule has 0 aromatic heterocycles. The largest absolute Gasteiger partial charge is 0.465 e. The number of hydrogen-bond acceptors (Lipinski definition) is 3. The van der Waals surface area contributed by atoms with Crippen LogP contribution in [0.3, 0.4) is 0 Å². The maximum Gasteiger partial charge on any atom is 0.327 e. The Morgan fingerprint density at radius 3 is 2.75 bits per heavy atom. The van der Waals surface area contributed by atoms with Crippen LogP contribution in [0.15, 0.2) is 59.6 Å². The highest BCUT2D eigenvalue weighted by Crippen LogP contribution is 2.19. The minimum Gasteiger partial charge on any atom is -0.465 e. The lowest BCUT2D eigenvalue weighted by Crippen LogP contribution is -2.17. The Kier molecular flexibility index (Phi) is 5.30. The summed E-state index contributed by atoms with van der Waals surface area (Å²) < 4.78 is 4.94. The van der Waals surface area contributed by atoms with Crippen molar-refractivity contribution in [3.8, 4) is 0 Å². The van der Waals surface area contributed by atoms with E-state index in [4.69, 9.17) is 4.74 Å². The van der Waals surface area contributed by atoms with Gasteiger partial charge in [0.1, 0.15) is 6.54 Å². The zero-order chi connectivity index (χ0) is 14.2. The van der Waals surface area contributed by atoms with E-state index in [1.807, 2.05) is 42.5 Å². The molecule has 0 amide bonds. The number of allylic oxidation sites excluding steroid dienone is 4. The Balaban J connectivity index is 2.20. The molecule has 0 aliphatic heterocycles. The Morgan fingerprint density at radius 2 is 2.10 bits per heavy atom. The van der Waals surface area contributed by atoms with Crippen molar-refractivity contribution < 1.29 is 9.53 Å². The lowest BCUT2D eigenvalue weighted by Gasteiger charge is -2.16. The maximum atomic E-state index is 11.5. The second-order valence-corrected chi connectivity index (χ2v) is 4.53. The molecule has 20 heavy (non-hydrogen) atoms. The molecule has 1 aliphatic carbocycles. The summed E-state index contributed by atoms with van der Waals surface area (Å²) in [6, 6.07) is 9.99. The predicted molar refractivity (Wildman–Crippen MR) is 80.9 cm³/mol. The van der Waals surface area contributed by atoms with E-state index in [2.05, 4.69) is 17.1 Å². The maximum absolute atomic E-state index is 11.5. The summed E-state index contributed by atoms with van der Waals surface area (Å²) >= 11 is 0. The third kappa shape index (κ3) is 3.92. The lowest BCUT2D eigenvalue weighted by atomic mass is 9.91. The molecule has 0 bridgehead atoms. The molecule has 0 saturated carbocycles. The van der Waals surface area contributed by atoms with Gasteiger partial charge in [0.15, 0.2) is 0 Å². The van der Waals surface area contributed by atoms with E-state index in [1.165, 1.54) is 0 Å². The third-order valence-corrected chi connectivity index (χ3v) is 3.09. The van der Waals surface area contributed by atoms with Gasteiger partial charge in [-0.1, -0.05) is 54.6 Å². The van der Waals surface area contributed by atoms with E-state index in [1.54, 1.807) is 6.92 Å². The van der Waals surface area contributed by atoms with Crippen LogP contribution >= 0.6 is 0 Å². The smallest absolute Gasteiger partial charge is 0.327 e. The van der Waals surface area contributed by atoms with Gasteiger partial charge >= 0.3 is 5.97 Å². The minimum atomic E-state index is -0.281. The van der Waals surface area contributed by atoms with E-state index >= 15 is 0 Å². The molecule has 0 spiro atoms. The average molecular weight is 269 g/mol.